The Bertz CT molecular complexity index is 1390. The summed E-state index contributed by atoms with van der Waals surface area (Å²) in [7, 11) is 0. The van der Waals surface area contributed by atoms with Crippen molar-refractivity contribution in [1.29, 1.82) is 0 Å². The van der Waals surface area contributed by atoms with Crippen LogP contribution in [0.3, 0.4) is 0 Å². The van der Waals surface area contributed by atoms with Crippen LogP contribution in [0.15, 0.2) is 53.3 Å². The van der Waals surface area contributed by atoms with E-state index in [9.17, 15) is 14.7 Å². The molecule has 0 spiro atoms. The molecule has 2 aromatic heterocycles. The van der Waals surface area contributed by atoms with Crippen molar-refractivity contribution in [2.45, 2.75) is 0 Å². The van der Waals surface area contributed by atoms with Crippen LogP contribution < -0.4 is 16.1 Å². The highest BCUT2D eigenvalue weighted by Gasteiger charge is 2.13. The molecular weight excluding hydrogens is 398 g/mol. The zero-order valence-corrected chi connectivity index (χ0v) is 15.8. The predicted octanol–water partition coefficient (Wildman–Crippen LogP) is 2.01. The summed E-state index contributed by atoms with van der Waals surface area (Å²) < 4.78 is 1.36. The van der Waals surface area contributed by atoms with E-state index in [2.05, 4.69) is 9.97 Å². The van der Waals surface area contributed by atoms with Crippen LogP contribution in [0.1, 0.15) is 16.1 Å². The number of nitrogens with one attached hydrogen (secondary N) is 1. The normalized spacial score (nSPS) is 13.3. The molecule has 4 rings (SSSR count). The Morgan fingerprint density at radius 3 is 2.64 bits per heavy atom. The molecule has 8 heteroatoms. The maximum Gasteiger partial charge on any atom is 0.262 e. The van der Waals surface area contributed by atoms with Crippen molar-refractivity contribution in [3.8, 4) is 11.6 Å². The molecule has 2 heterocycles. The fourth-order valence-electron chi connectivity index (χ4n) is 2.86. The van der Waals surface area contributed by atoms with Crippen molar-refractivity contribution in [2.24, 2.45) is 0 Å². The highest BCUT2D eigenvalue weighted by Crippen LogP contribution is 2.21. The maximum absolute atomic E-state index is 12.4. The first-order valence-corrected chi connectivity index (χ1v) is 8.98. The number of fused-ring (bicyclic) bond motifs is 1. The van der Waals surface area contributed by atoms with E-state index >= 15 is 0 Å². The first-order valence-electron chi connectivity index (χ1n) is 8.20. The summed E-state index contributed by atoms with van der Waals surface area (Å²) in [6, 6.07) is 10.0. The Hall–Kier alpha value is -3.29. The number of halogens is 1. The van der Waals surface area contributed by atoms with E-state index in [4.69, 9.17) is 23.8 Å². The molecule has 0 aliphatic heterocycles. The van der Waals surface area contributed by atoms with Crippen LogP contribution >= 0.6 is 23.8 Å². The van der Waals surface area contributed by atoms with Crippen molar-refractivity contribution < 1.29 is 9.90 Å². The largest absolute Gasteiger partial charge is 0.494 e. The van der Waals surface area contributed by atoms with Crippen LogP contribution in [0.25, 0.3) is 17.8 Å². The molecular formula is C20H12ClN3O3S. The SMILES string of the molecule is O=C1C=CC=c2ccc(=Cc3c(O)n(-c4ccc(Cl)cc4)c(=S)[nH]c3=O)nc21. The van der Waals surface area contributed by atoms with Gasteiger partial charge in [0.25, 0.3) is 5.56 Å². The lowest BCUT2D eigenvalue weighted by Crippen LogP contribution is -2.25. The van der Waals surface area contributed by atoms with Crippen molar-refractivity contribution in [3.63, 3.8) is 0 Å². The van der Waals surface area contributed by atoms with Gasteiger partial charge in [-0.1, -0.05) is 29.8 Å². The third kappa shape index (κ3) is 3.21. The number of benzene rings is 1. The number of allylic oxidation sites excluding steroid dienone is 2. The number of hydrogen-bond donors (Lipinski definition) is 2. The molecule has 6 nitrogen and oxygen atoms in total. The molecule has 0 amide bonds. The maximum atomic E-state index is 12.4. The molecule has 0 saturated heterocycles. The van der Waals surface area contributed by atoms with Gasteiger partial charge in [-0.15, -0.1) is 0 Å². The smallest absolute Gasteiger partial charge is 0.262 e. The van der Waals surface area contributed by atoms with Gasteiger partial charge < -0.3 is 5.11 Å². The van der Waals surface area contributed by atoms with Gasteiger partial charge in [-0.2, -0.15) is 0 Å². The number of pyridine rings is 1. The molecule has 0 atom stereocenters. The highest BCUT2D eigenvalue weighted by atomic mass is 35.5. The van der Waals surface area contributed by atoms with E-state index in [1.165, 1.54) is 16.7 Å². The lowest BCUT2D eigenvalue weighted by Gasteiger charge is -2.11. The number of ketones is 1. The quantitative estimate of drug-likeness (QED) is 0.632. The Morgan fingerprint density at radius 1 is 1.14 bits per heavy atom. The molecule has 1 aromatic carbocycles. The Balaban J connectivity index is 1.94. The topological polar surface area (TPSA) is 88.0 Å². The summed E-state index contributed by atoms with van der Waals surface area (Å²) in [6.07, 6.45) is 6.26. The lowest BCUT2D eigenvalue weighted by atomic mass is 10.1. The van der Waals surface area contributed by atoms with Gasteiger partial charge in [-0.3, -0.25) is 19.1 Å². The van der Waals surface area contributed by atoms with Gasteiger partial charge in [0.2, 0.25) is 11.7 Å². The van der Waals surface area contributed by atoms with Crippen molar-refractivity contribution in [3.05, 3.63) is 90.5 Å². The number of aromatic hydroxyl groups is 1. The third-order valence-corrected chi connectivity index (χ3v) is 4.74. The van der Waals surface area contributed by atoms with Gasteiger partial charge in [0.15, 0.2) is 4.77 Å². The molecule has 0 unspecified atom stereocenters. The number of nitrogens with zero attached hydrogens (tertiary/aromatic N) is 2. The standard InChI is InChI=1S/C20H12ClN3O3S/c21-12-5-8-14(9-6-12)24-19(27)15(18(26)23-20(24)28)10-13-7-4-11-2-1-3-16(25)17(11)22-13/h1-10,27H,(H,23,26,28). The molecule has 2 N–H and O–H groups in total. The molecule has 0 radical (unpaired) electrons. The molecule has 1 aliphatic rings. The third-order valence-electron chi connectivity index (χ3n) is 4.20. The van der Waals surface area contributed by atoms with E-state index in [1.54, 1.807) is 48.6 Å². The molecule has 3 aromatic rings. The molecule has 0 fully saturated rings. The van der Waals surface area contributed by atoms with Gasteiger partial charge in [0.1, 0.15) is 11.3 Å². The van der Waals surface area contributed by atoms with Crippen molar-refractivity contribution in [2.75, 3.05) is 0 Å². The second-order valence-electron chi connectivity index (χ2n) is 6.02. The summed E-state index contributed by atoms with van der Waals surface area (Å²) in [5, 5.41) is 12.3. The average Bonchev–Trinajstić information content (AvgIpc) is 2.67. The summed E-state index contributed by atoms with van der Waals surface area (Å²) in [5.41, 5.74) is 0.229. The Labute approximate surface area is 168 Å². The fraction of sp³-hybridized carbons (Fsp3) is 0. The number of hydrogen-bond acceptors (Lipinski definition) is 5. The lowest BCUT2D eigenvalue weighted by molar-refractivity contribution is 0.104. The first kappa shape index (κ1) is 18.1. The second kappa shape index (κ2) is 7.03. The Morgan fingerprint density at radius 2 is 1.89 bits per heavy atom. The van der Waals surface area contributed by atoms with Crippen molar-refractivity contribution >= 4 is 41.8 Å². The monoisotopic (exact) mass is 409 g/mol. The van der Waals surface area contributed by atoms with E-state index in [1.807, 2.05) is 0 Å². The zero-order valence-electron chi connectivity index (χ0n) is 14.2. The van der Waals surface area contributed by atoms with Crippen molar-refractivity contribution in [1.82, 2.24) is 14.5 Å². The molecule has 0 bridgehead atoms. The van der Waals surface area contributed by atoms with Gasteiger partial charge >= 0.3 is 0 Å². The second-order valence-corrected chi connectivity index (χ2v) is 6.84. The average molecular weight is 410 g/mol. The Kier molecular flexibility index (Phi) is 4.54. The number of aromatic nitrogens is 3. The van der Waals surface area contributed by atoms with E-state index in [-0.39, 0.29) is 27.7 Å². The number of aromatic amines is 1. The number of H-pyrrole nitrogens is 1. The predicted molar refractivity (Wildman–Crippen MR) is 109 cm³/mol. The minimum absolute atomic E-state index is 0.0289. The minimum Gasteiger partial charge on any atom is -0.494 e. The molecule has 28 heavy (non-hydrogen) atoms. The van der Waals surface area contributed by atoms with Gasteiger partial charge in [-0.05, 0) is 54.7 Å². The number of rotatable bonds is 2. The van der Waals surface area contributed by atoms with Crippen LogP contribution in [-0.2, 0) is 0 Å². The number of carbonyl (C=O) groups is 1. The van der Waals surface area contributed by atoms with Crippen LogP contribution in [0, 0.1) is 4.77 Å². The summed E-state index contributed by atoms with van der Waals surface area (Å²) in [6.45, 7) is 0. The van der Waals surface area contributed by atoms with Crippen LogP contribution in [-0.4, -0.2) is 25.4 Å². The van der Waals surface area contributed by atoms with Crippen LogP contribution in [0.5, 0.6) is 5.88 Å². The summed E-state index contributed by atoms with van der Waals surface area (Å²) >= 11 is 11.1. The van der Waals surface area contributed by atoms with Gasteiger partial charge in [0.05, 0.1) is 11.0 Å². The number of carbonyl (C=O) groups excluding carboxylic acids is 1. The summed E-state index contributed by atoms with van der Waals surface area (Å²) in [5.74, 6) is -0.559. The minimum atomic E-state index is -0.565. The van der Waals surface area contributed by atoms with Gasteiger partial charge in [0, 0.05) is 10.2 Å². The van der Waals surface area contributed by atoms with E-state index < -0.39 is 5.56 Å². The highest BCUT2D eigenvalue weighted by molar-refractivity contribution is 7.71. The molecule has 138 valence electrons. The van der Waals surface area contributed by atoms with E-state index in [0.29, 0.717) is 21.3 Å². The summed E-state index contributed by atoms with van der Waals surface area (Å²) in [4.78, 5) is 31.2. The molecule has 1 aliphatic carbocycles. The van der Waals surface area contributed by atoms with E-state index in [0.717, 1.165) is 0 Å². The zero-order chi connectivity index (χ0) is 19.8. The first-order chi connectivity index (χ1) is 13.4. The van der Waals surface area contributed by atoms with Crippen LogP contribution in [0.2, 0.25) is 5.02 Å². The molecule has 0 saturated carbocycles. The fourth-order valence-corrected chi connectivity index (χ4v) is 3.27. The van der Waals surface area contributed by atoms with Gasteiger partial charge in [-0.25, -0.2) is 4.98 Å². The van der Waals surface area contributed by atoms with Crippen LogP contribution in [0.4, 0.5) is 0 Å².